The van der Waals surface area contributed by atoms with Gasteiger partial charge in [0.05, 0.1) is 0 Å². The van der Waals surface area contributed by atoms with E-state index in [0.717, 1.165) is 0 Å². The Kier molecular flexibility index (Phi) is 2.64. The van der Waals surface area contributed by atoms with E-state index in [0.29, 0.717) is 5.57 Å². The van der Waals surface area contributed by atoms with Crippen LogP contribution in [0.15, 0.2) is 17.1 Å². The third kappa shape index (κ3) is 2.08. The Morgan fingerprint density at radius 3 is 2.11 bits per heavy atom. The lowest BCUT2D eigenvalue weighted by molar-refractivity contribution is -0.129. The molecule has 3 nitrogen and oxygen atoms in total. The molecule has 0 saturated carbocycles. The van der Waals surface area contributed by atoms with E-state index in [1.165, 1.54) is 7.05 Å². The summed E-state index contributed by atoms with van der Waals surface area (Å²) in [6.45, 7) is 5.04. The van der Waals surface area contributed by atoms with Crippen molar-refractivity contribution >= 4 is 11.7 Å². The topological polar surface area (TPSA) is 49.7 Å². The van der Waals surface area contributed by atoms with Gasteiger partial charge in [0.2, 0.25) is 0 Å². The first-order chi connectivity index (χ1) is 4.09. The lowest BCUT2D eigenvalue weighted by Crippen LogP contribution is -2.13. The Bertz CT molecular complexity index is 154. The molecule has 0 aliphatic rings. The fraction of sp³-hybridized carbons (Fsp3) is 0.333. The second-order valence-electron chi connectivity index (χ2n) is 1.66. The molecule has 0 heterocycles. The number of rotatable bonds is 2. The fourth-order valence-corrected chi connectivity index (χ4v) is 0.469. The van der Waals surface area contributed by atoms with E-state index < -0.39 is 5.97 Å². The number of carboxylic acid groups (broad SMARTS) is 1. The van der Waals surface area contributed by atoms with Crippen LogP contribution in [-0.2, 0) is 4.79 Å². The van der Waals surface area contributed by atoms with Gasteiger partial charge in [-0.1, -0.05) is 6.58 Å². The minimum absolute atomic E-state index is 0.0370. The molecule has 0 spiro atoms. The largest absolute Gasteiger partial charge is 0.477 e. The van der Waals surface area contributed by atoms with Crippen molar-refractivity contribution in [1.82, 2.24) is 0 Å². The molecule has 9 heavy (non-hydrogen) atoms. The summed E-state index contributed by atoms with van der Waals surface area (Å²) in [5.41, 5.74) is 0.514. The van der Waals surface area contributed by atoms with Crippen LogP contribution in [0, 0.1) is 0 Å². The third-order valence-corrected chi connectivity index (χ3v) is 0.830. The Hall–Kier alpha value is -1.12. The van der Waals surface area contributed by atoms with E-state index in [-0.39, 0.29) is 5.71 Å². The number of hydrogen-bond acceptors (Lipinski definition) is 2. The first kappa shape index (κ1) is 7.88. The second kappa shape index (κ2) is 3.02. The van der Waals surface area contributed by atoms with Crippen LogP contribution in [0.25, 0.3) is 0 Å². The Balaban J connectivity index is 4.38. The molecule has 0 unspecified atom stereocenters. The van der Waals surface area contributed by atoms with Gasteiger partial charge in [0, 0.05) is 7.05 Å². The summed E-state index contributed by atoms with van der Waals surface area (Å²) in [6, 6.07) is 0. The maximum absolute atomic E-state index is 10.2. The first-order valence-electron chi connectivity index (χ1n) is 2.45. The minimum atomic E-state index is -1.02. The molecule has 0 amide bonds. The third-order valence-electron chi connectivity index (χ3n) is 0.830. The van der Waals surface area contributed by atoms with E-state index in [1.807, 2.05) is 0 Å². The van der Waals surface area contributed by atoms with Crippen molar-refractivity contribution in [3.8, 4) is 0 Å². The van der Waals surface area contributed by atoms with Gasteiger partial charge in [-0.05, 0) is 12.5 Å². The minimum Gasteiger partial charge on any atom is -0.477 e. The molecule has 0 saturated heterocycles. The van der Waals surface area contributed by atoms with E-state index >= 15 is 0 Å². The maximum Gasteiger partial charge on any atom is 0.354 e. The van der Waals surface area contributed by atoms with Gasteiger partial charge in [0.15, 0.2) is 0 Å². The summed E-state index contributed by atoms with van der Waals surface area (Å²) in [7, 11) is 1.43. The van der Waals surface area contributed by atoms with Crippen LogP contribution in [0.1, 0.15) is 6.92 Å². The zero-order chi connectivity index (χ0) is 7.44. The molecule has 0 aliphatic heterocycles. The van der Waals surface area contributed by atoms with Crippen LogP contribution in [0.3, 0.4) is 0 Å². The molecule has 0 bridgehead atoms. The summed E-state index contributed by atoms with van der Waals surface area (Å²) in [5.74, 6) is -1.02. The van der Waals surface area contributed by atoms with Gasteiger partial charge in [0.1, 0.15) is 5.71 Å². The predicted octanol–water partition coefficient (Wildman–Crippen LogP) is 0.718. The predicted molar refractivity (Wildman–Crippen MR) is 35.8 cm³/mol. The molecule has 0 atom stereocenters. The summed E-state index contributed by atoms with van der Waals surface area (Å²) < 4.78 is 0. The van der Waals surface area contributed by atoms with Crippen molar-refractivity contribution in [3.05, 3.63) is 12.2 Å². The smallest absolute Gasteiger partial charge is 0.354 e. The van der Waals surface area contributed by atoms with Gasteiger partial charge in [-0.15, -0.1) is 0 Å². The highest BCUT2D eigenvalue weighted by Gasteiger charge is 2.06. The number of nitrogens with zero attached hydrogens (tertiary/aromatic N) is 1. The highest BCUT2D eigenvalue weighted by Crippen LogP contribution is 1.91. The fourth-order valence-electron chi connectivity index (χ4n) is 0.469. The van der Waals surface area contributed by atoms with Gasteiger partial charge in [-0.25, -0.2) is 4.79 Å². The molecule has 0 aliphatic carbocycles. The number of aliphatic carboxylic acids is 1. The molecule has 0 rings (SSSR count). The lowest BCUT2D eigenvalue weighted by atomic mass is 10.2. The molecular weight excluding hydrogens is 118 g/mol. The Morgan fingerprint density at radius 2 is 2.11 bits per heavy atom. The average Bonchev–Trinajstić information content (AvgIpc) is 1.64. The molecule has 0 aromatic rings. The SMILES string of the molecule is C=C(C)C(=NC)C(=O)O. The molecule has 0 aromatic carbocycles. The average molecular weight is 127 g/mol. The second-order valence-corrected chi connectivity index (χ2v) is 1.66. The van der Waals surface area contributed by atoms with E-state index in [2.05, 4.69) is 11.6 Å². The van der Waals surface area contributed by atoms with E-state index in [9.17, 15) is 4.79 Å². The summed E-state index contributed by atoms with van der Waals surface area (Å²) >= 11 is 0. The van der Waals surface area contributed by atoms with Crippen LogP contribution < -0.4 is 0 Å². The van der Waals surface area contributed by atoms with Gasteiger partial charge in [-0.3, -0.25) is 4.99 Å². The van der Waals surface area contributed by atoms with Gasteiger partial charge in [0.25, 0.3) is 0 Å². The Labute approximate surface area is 53.7 Å². The van der Waals surface area contributed by atoms with Crippen LogP contribution in [0.5, 0.6) is 0 Å². The highest BCUT2D eigenvalue weighted by atomic mass is 16.4. The van der Waals surface area contributed by atoms with Crippen molar-refractivity contribution in [3.63, 3.8) is 0 Å². The van der Waals surface area contributed by atoms with Crippen LogP contribution in [0.2, 0.25) is 0 Å². The molecular formula is C6H9NO2. The van der Waals surface area contributed by atoms with E-state index in [4.69, 9.17) is 5.11 Å². The molecule has 0 fully saturated rings. The summed E-state index contributed by atoms with van der Waals surface area (Å²) in [5, 5.41) is 8.35. The van der Waals surface area contributed by atoms with Crippen molar-refractivity contribution in [2.75, 3.05) is 7.05 Å². The maximum atomic E-state index is 10.2. The summed E-state index contributed by atoms with van der Waals surface area (Å²) in [4.78, 5) is 13.7. The Morgan fingerprint density at radius 1 is 1.67 bits per heavy atom. The number of hydrogen-bond donors (Lipinski definition) is 1. The normalized spacial score (nSPS) is 11.1. The van der Waals surface area contributed by atoms with Crippen molar-refractivity contribution in [1.29, 1.82) is 0 Å². The van der Waals surface area contributed by atoms with Gasteiger partial charge < -0.3 is 5.11 Å². The van der Waals surface area contributed by atoms with Gasteiger partial charge in [-0.2, -0.15) is 0 Å². The lowest BCUT2D eigenvalue weighted by Gasteiger charge is -1.94. The standard InChI is InChI=1S/C6H9NO2/c1-4(2)5(7-3)6(8)9/h1H2,2-3H3,(H,8,9). The molecule has 0 aromatic heterocycles. The molecule has 50 valence electrons. The van der Waals surface area contributed by atoms with Crippen molar-refractivity contribution in [2.24, 2.45) is 4.99 Å². The monoisotopic (exact) mass is 127 g/mol. The van der Waals surface area contributed by atoms with Crippen LogP contribution in [0.4, 0.5) is 0 Å². The van der Waals surface area contributed by atoms with Crippen molar-refractivity contribution in [2.45, 2.75) is 6.92 Å². The molecule has 3 heteroatoms. The number of carbonyl (C=O) groups is 1. The van der Waals surface area contributed by atoms with E-state index in [1.54, 1.807) is 6.92 Å². The summed E-state index contributed by atoms with van der Waals surface area (Å²) in [6.07, 6.45) is 0. The molecule has 0 radical (unpaired) electrons. The zero-order valence-electron chi connectivity index (χ0n) is 5.51. The quantitative estimate of drug-likeness (QED) is 0.555. The molecule has 1 N–H and O–H groups in total. The van der Waals surface area contributed by atoms with Crippen LogP contribution in [-0.4, -0.2) is 23.8 Å². The highest BCUT2D eigenvalue weighted by molar-refractivity contribution is 6.42. The number of aliphatic imine (C=N–C) groups is 1. The zero-order valence-corrected chi connectivity index (χ0v) is 5.51. The van der Waals surface area contributed by atoms with Crippen molar-refractivity contribution < 1.29 is 9.90 Å². The van der Waals surface area contributed by atoms with Gasteiger partial charge >= 0.3 is 5.97 Å². The number of carboxylic acids is 1. The van der Waals surface area contributed by atoms with Crippen LogP contribution >= 0.6 is 0 Å². The first-order valence-corrected chi connectivity index (χ1v) is 2.45.